The minimum Gasteiger partial charge on any atom is -0.380 e. The molecule has 0 aliphatic heterocycles. The number of allylic oxidation sites excluding steroid dienone is 1. The van der Waals surface area contributed by atoms with E-state index >= 15 is 0 Å². The van der Waals surface area contributed by atoms with E-state index in [1.165, 1.54) is 31.2 Å². The fraction of sp³-hybridized carbons (Fsp3) is 0.364. The summed E-state index contributed by atoms with van der Waals surface area (Å²) >= 11 is 5.69. The van der Waals surface area contributed by atoms with Crippen molar-refractivity contribution in [3.05, 3.63) is 71.0 Å². The van der Waals surface area contributed by atoms with Gasteiger partial charge in [-0.2, -0.15) is 0 Å². The van der Waals surface area contributed by atoms with Gasteiger partial charge in [0, 0.05) is 18.2 Å². The Kier molecular flexibility index (Phi) is 6.28. The van der Waals surface area contributed by atoms with Crippen LogP contribution in [0, 0.1) is 11.7 Å². The molecule has 0 atom stereocenters. The number of halogens is 2. The molecule has 1 aliphatic rings. The number of ether oxygens (including phenoxy) is 1. The predicted octanol–water partition coefficient (Wildman–Crippen LogP) is 6.67. The molecule has 132 valence electrons. The van der Waals surface area contributed by atoms with Crippen molar-refractivity contribution >= 4 is 11.6 Å². The van der Waals surface area contributed by atoms with E-state index in [2.05, 4.69) is 30.3 Å². The fourth-order valence-electron chi connectivity index (χ4n) is 3.70. The lowest BCUT2D eigenvalue weighted by Gasteiger charge is -2.27. The molecule has 0 spiro atoms. The molecule has 0 amide bonds. The van der Waals surface area contributed by atoms with Gasteiger partial charge < -0.3 is 4.74 Å². The lowest BCUT2D eigenvalue weighted by molar-refractivity contribution is 0.181. The fourth-order valence-corrected chi connectivity index (χ4v) is 3.90. The molecule has 1 aliphatic carbocycles. The largest absolute Gasteiger partial charge is 0.380 e. The van der Waals surface area contributed by atoms with Crippen LogP contribution < -0.4 is 0 Å². The Labute approximate surface area is 154 Å². The van der Waals surface area contributed by atoms with Crippen molar-refractivity contribution in [2.24, 2.45) is 5.92 Å². The summed E-state index contributed by atoms with van der Waals surface area (Å²) in [5.41, 5.74) is 5.57. The summed E-state index contributed by atoms with van der Waals surface area (Å²) in [4.78, 5) is 0. The Hall–Kier alpha value is -1.64. The molecule has 0 bridgehead atoms. The number of rotatable bonds is 5. The van der Waals surface area contributed by atoms with Crippen molar-refractivity contribution in [2.45, 2.75) is 38.2 Å². The van der Waals surface area contributed by atoms with Crippen molar-refractivity contribution < 1.29 is 9.13 Å². The van der Waals surface area contributed by atoms with E-state index in [9.17, 15) is 4.39 Å². The van der Waals surface area contributed by atoms with Crippen LogP contribution in [0.1, 0.15) is 42.7 Å². The van der Waals surface area contributed by atoms with Crippen LogP contribution in [0.3, 0.4) is 0 Å². The van der Waals surface area contributed by atoms with Gasteiger partial charge >= 0.3 is 0 Å². The minimum atomic E-state index is -0.214. The third kappa shape index (κ3) is 4.50. The number of hydrogen-bond acceptors (Lipinski definition) is 1. The van der Waals surface area contributed by atoms with Crippen LogP contribution in [0.15, 0.2) is 54.1 Å². The smallest absolute Gasteiger partial charge is 0.129 e. The Bertz CT molecular complexity index is 715. The van der Waals surface area contributed by atoms with Gasteiger partial charge in [0.2, 0.25) is 0 Å². The zero-order valence-electron chi connectivity index (χ0n) is 14.6. The topological polar surface area (TPSA) is 9.23 Å². The quantitative estimate of drug-likeness (QED) is 0.580. The third-order valence-electron chi connectivity index (χ3n) is 5.19. The van der Waals surface area contributed by atoms with Crippen LogP contribution >= 0.6 is 11.6 Å². The molecule has 25 heavy (non-hydrogen) atoms. The summed E-state index contributed by atoms with van der Waals surface area (Å²) in [6.07, 6.45) is 6.91. The highest BCUT2D eigenvalue weighted by Gasteiger charge is 2.20. The zero-order valence-corrected chi connectivity index (χ0v) is 15.3. The molecule has 0 unspecified atom stereocenters. The van der Waals surface area contributed by atoms with Crippen molar-refractivity contribution in [3.63, 3.8) is 0 Å². The van der Waals surface area contributed by atoms with Crippen LogP contribution in [0.2, 0.25) is 0 Å². The SMILES string of the molecule is COCc1ccc(-c2ccc([C@H]3CC[C@H](/C=C/Cl)CC3)cc2)cc1F. The molecule has 0 radical (unpaired) electrons. The highest BCUT2D eigenvalue weighted by Crippen LogP contribution is 2.37. The van der Waals surface area contributed by atoms with Crippen molar-refractivity contribution in [3.8, 4) is 11.1 Å². The molecule has 1 fully saturated rings. The van der Waals surface area contributed by atoms with Gasteiger partial charge in [-0.25, -0.2) is 4.39 Å². The summed E-state index contributed by atoms with van der Waals surface area (Å²) in [5.74, 6) is 1.03. The lowest BCUT2D eigenvalue weighted by atomic mass is 9.78. The normalized spacial score (nSPS) is 20.9. The number of methoxy groups -OCH3 is 1. The zero-order chi connectivity index (χ0) is 17.6. The first-order valence-corrected chi connectivity index (χ1v) is 9.29. The maximum absolute atomic E-state index is 14.1. The van der Waals surface area contributed by atoms with E-state index in [0.29, 0.717) is 24.0 Å². The van der Waals surface area contributed by atoms with E-state index in [0.717, 1.165) is 11.1 Å². The van der Waals surface area contributed by atoms with Crippen LogP contribution in [-0.2, 0) is 11.3 Å². The number of benzene rings is 2. The van der Waals surface area contributed by atoms with Crippen LogP contribution in [0.25, 0.3) is 11.1 Å². The molecule has 0 saturated heterocycles. The summed E-state index contributed by atoms with van der Waals surface area (Å²) in [6, 6.07) is 13.9. The van der Waals surface area contributed by atoms with E-state index in [1.807, 2.05) is 6.07 Å². The molecule has 2 aromatic rings. The second kappa shape index (κ2) is 8.64. The minimum absolute atomic E-state index is 0.214. The summed E-state index contributed by atoms with van der Waals surface area (Å²) in [5, 5.41) is 0. The van der Waals surface area contributed by atoms with Crippen LogP contribution in [-0.4, -0.2) is 7.11 Å². The van der Waals surface area contributed by atoms with Gasteiger partial charge in [-0.1, -0.05) is 54.1 Å². The van der Waals surface area contributed by atoms with Crippen molar-refractivity contribution in [1.82, 2.24) is 0 Å². The lowest BCUT2D eigenvalue weighted by Crippen LogP contribution is -2.11. The van der Waals surface area contributed by atoms with E-state index in [-0.39, 0.29) is 5.82 Å². The average molecular weight is 359 g/mol. The Balaban J connectivity index is 1.69. The number of hydrogen-bond donors (Lipinski definition) is 0. The molecule has 1 saturated carbocycles. The standard InChI is InChI=1S/C22H24ClFO/c1-25-15-21-11-10-20(14-22(21)24)19-8-6-18(7-9-19)17-4-2-16(3-5-17)12-13-23/h6-14,16-17H,2-5,15H2,1H3/b13-12+/t16-,17-. The van der Waals surface area contributed by atoms with Crippen LogP contribution in [0.5, 0.6) is 0 Å². The summed E-state index contributed by atoms with van der Waals surface area (Å²) in [7, 11) is 1.57. The third-order valence-corrected chi connectivity index (χ3v) is 5.33. The monoisotopic (exact) mass is 358 g/mol. The summed E-state index contributed by atoms with van der Waals surface area (Å²) in [6.45, 7) is 0.298. The first kappa shape index (κ1) is 18.2. The molecule has 3 rings (SSSR count). The van der Waals surface area contributed by atoms with Crippen molar-refractivity contribution in [1.29, 1.82) is 0 Å². The molecule has 3 heteroatoms. The highest BCUT2D eigenvalue weighted by atomic mass is 35.5. The maximum Gasteiger partial charge on any atom is 0.129 e. The summed E-state index contributed by atoms with van der Waals surface area (Å²) < 4.78 is 19.1. The van der Waals surface area contributed by atoms with Gasteiger partial charge in [0.1, 0.15) is 5.82 Å². The van der Waals surface area contributed by atoms with Gasteiger partial charge in [-0.3, -0.25) is 0 Å². The average Bonchev–Trinajstić information content (AvgIpc) is 2.65. The Morgan fingerprint density at radius 3 is 2.32 bits per heavy atom. The Morgan fingerprint density at radius 2 is 1.72 bits per heavy atom. The predicted molar refractivity (Wildman–Crippen MR) is 102 cm³/mol. The first-order valence-electron chi connectivity index (χ1n) is 8.86. The van der Waals surface area contributed by atoms with Gasteiger partial charge in [-0.15, -0.1) is 0 Å². The molecular weight excluding hydrogens is 335 g/mol. The highest BCUT2D eigenvalue weighted by molar-refractivity contribution is 6.25. The molecule has 0 aromatic heterocycles. The van der Waals surface area contributed by atoms with Gasteiger partial charge in [0.25, 0.3) is 0 Å². The molecular formula is C22H24ClFO. The first-order chi connectivity index (χ1) is 12.2. The molecule has 0 N–H and O–H groups in total. The van der Waals surface area contributed by atoms with Gasteiger partial charge in [0.15, 0.2) is 0 Å². The van der Waals surface area contributed by atoms with Crippen LogP contribution in [0.4, 0.5) is 4.39 Å². The van der Waals surface area contributed by atoms with Crippen molar-refractivity contribution in [2.75, 3.05) is 7.11 Å². The molecule has 2 aromatic carbocycles. The molecule has 1 nitrogen and oxygen atoms in total. The second-order valence-corrected chi connectivity index (χ2v) is 7.04. The van der Waals surface area contributed by atoms with E-state index in [4.69, 9.17) is 16.3 Å². The second-order valence-electron chi connectivity index (χ2n) is 6.79. The van der Waals surface area contributed by atoms with E-state index < -0.39 is 0 Å². The van der Waals surface area contributed by atoms with E-state index in [1.54, 1.807) is 24.8 Å². The van der Waals surface area contributed by atoms with Gasteiger partial charge in [0.05, 0.1) is 6.61 Å². The van der Waals surface area contributed by atoms with Gasteiger partial charge in [-0.05, 0) is 60.3 Å². The Morgan fingerprint density at radius 1 is 1.04 bits per heavy atom. The molecule has 0 heterocycles. The maximum atomic E-state index is 14.1.